The van der Waals surface area contributed by atoms with Crippen LogP contribution in [0.3, 0.4) is 0 Å². The highest BCUT2D eigenvalue weighted by atomic mass is 35.5. The van der Waals surface area contributed by atoms with Gasteiger partial charge < -0.3 is 4.74 Å². The molecule has 0 N–H and O–H groups in total. The molecule has 0 amide bonds. The molecule has 7 heteroatoms. The summed E-state index contributed by atoms with van der Waals surface area (Å²) in [6.45, 7) is -0.874. The van der Waals surface area contributed by atoms with Crippen LogP contribution in [-0.2, 0) is 4.74 Å². The summed E-state index contributed by atoms with van der Waals surface area (Å²) in [7, 11) is 0. The zero-order valence-electron chi connectivity index (χ0n) is 9.11. The van der Waals surface area contributed by atoms with Crippen LogP contribution in [-0.4, -0.2) is 19.6 Å². The Morgan fingerprint density at radius 3 is 2.28 bits per heavy atom. The van der Waals surface area contributed by atoms with Crippen molar-refractivity contribution in [1.29, 1.82) is 0 Å². The van der Waals surface area contributed by atoms with Gasteiger partial charge in [-0.2, -0.15) is 0 Å². The smallest absolute Gasteiger partial charge is 0.261 e. The van der Waals surface area contributed by atoms with Gasteiger partial charge in [0, 0.05) is 18.2 Å². The van der Waals surface area contributed by atoms with Crippen LogP contribution >= 0.6 is 11.6 Å². The summed E-state index contributed by atoms with van der Waals surface area (Å²) in [6.07, 6.45) is -2.59. The van der Waals surface area contributed by atoms with Crippen molar-refractivity contribution in [3.63, 3.8) is 0 Å². The van der Waals surface area contributed by atoms with Gasteiger partial charge in [-0.3, -0.25) is 0 Å². The summed E-state index contributed by atoms with van der Waals surface area (Å²) >= 11 is 5.75. The van der Waals surface area contributed by atoms with Gasteiger partial charge in [0.1, 0.15) is 12.4 Å². The van der Waals surface area contributed by atoms with Gasteiger partial charge in [-0.1, -0.05) is 0 Å². The largest absolute Gasteiger partial charge is 0.375 e. The fourth-order valence-electron chi connectivity index (χ4n) is 1.29. The second-order valence-corrected chi connectivity index (χ2v) is 4.04. The Labute approximate surface area is 106 Å². The average molecular weight is 289 g/mol. The molecule has 0 fully saturated rings. The Bertz CT molecular complexity index is 399. The van der Waals surface area contributed by atoms with Crippen LogP contribution in [0.5, 0.6) is 0 Å². The van der Waals surface area contributed by atoms with E-state index in [1.807, 2.05) is 0 Å². The van der Waals surface area contributed by atoms with Gasteiger partial charge in [0.2, 0.25) is 0 Å². The highest BCUT2D eigenvalue weighted by molar-refractivity contribution is 6.20. The number of benzene rings is 1. The highest BCUT2D eigenvalue weighted by Crippen LogP contribution is 2.28. The Morgan fingerprint density at radius 1 is 1.06 bits per heavy atom. The zero-order chi connectivity index (χ0) is 13.7. The predicted molar refractivity (Wildman–Crippen MR) is 56.4 cm³/mol. The number of ether oxygens (including phenoxy) is 1. The first kappa shape index (κ1) is 15.2. The fourth-order valence-corrected chi connectivity index (χ4v) is 1.55. The molecule has 0 aliphatic rings. The highest BCUT2D eigenvalue weighted by Gasteiger charge is 2.17. The van der Waals surface area contributed by atoms with Crippen molar-refractivity contribution in [3.8, 4) is 0 Å². The zero-order valence-corrected chi connectivity index (χ0v) is 9.86. The molecule has 0 radical (unpaired) electrons. The standard InChI is InChI=1S/C11H10ClF5O/c12-7(1-2-18-5-11(16)17)6-3-9(14)10(15)4-8(6)13/h3-4,7,11H,1-2,5H2. The lowest BCUT2D eigenvalue weighted by atomic mass is 10.1. The van der Waals surface area contributed by atoms with Crippen LogP contribution in [0.4, 0.5) is 22.0 Å². The molecule has 1 rings (SSSR count). The van der Waals surface area contributed by atoms with Gasteiger partial charge in [-0.25, -0.2) is 22.0 Å². The summed E-state index contributed by atoms with van der Waals surface area (Å²) in [6, 6.07) is 1.04. The van der Waals surface area contributed by atoms with Crippen molar-refractivity contribution in [3.05, 3.63) is 35.1 Å². The third kappa shape index (κ3) is 4.42. The van der Waals surface area contributed by atoms with E-state index in [0.29, 0.717) is 12.1 Å². The third-order valence-electron chi connectivity index (χ3n) is 2.14. The van der Waals surface area contributed by atoms with Crippen LogP contribution in [0.15, 0.2) is 12.1 Å². The van der Waals surface area contributed by atoms with Crippen LogP contribution in [0, 0.1) is 17.5 Å². The first-order valence-electron chi connectivity index (χ1n) is 5.06. The molecular weight excluding hydrogens is 279 g/mol. The SMILES string of the molecule is Fc1cc(F)c(C(Cl)CCOCC(F)F)cc1F. The minimum Gasteiger partial charge on any atom is -0.375 e. The number of rotatable bonds is 6. The molecule has 0 aromatic heterocycles. The summed E-state index contributed by atoms with van der Waals surface area (Å²) < 4.78 is 66.8. The van der Waals surface area contributed by atoms with Crippen LogP contribution < -0.4 is 0 Å². The molecule has 102 valence electrons. The molecule has 0 heterocycles. The number of hydrogen-bond acceptors (Lipinski definition) is 1. The molecule has 1 nitrogen and oxygen atoms in total. The Morgan fingerprint density at radius 2 is 1.67 bits per heavy atom. The first-order chi connectivity index (χ1) is 8.41. The molecule has 0 aliphatic carbocycles. The quantitative estimate of drug-likeness (QED) is 0.332. The van der Waals surface area contributed by atoms with E-state index in [1.165, 1.54) is 0 Å². The second kappa shape index (κ2) is 6.89. The summed E-state index contributed by atoms with van der Waals surface area (Å²) in [5.74, 6) is -3.51. The molecule has 1 unspecified atom stereocenters. The number of halogens is 6. The molecule has 0 aliphatic heterocycles. The summed E-state index contributed by atoms with van der Waals surface area (Å²) in [5.41, 5.74) is -0.226. The topological polar surface area (TPSA) is 9.23 Å². The van der Waals surface area contributed by atoms with E-state index in [-0.39, 0.29) is 18.6 Å². The average Bonchev–Trinajstić information content (AvgIpc) is 2.28. The lowest BCUT2D eigenvalue weighted by molar-refractivity contribution is 0.0165. The summed E-state index contributed by atoms with van der Waals surface area (Å²) in [4.78, 5) is 0. The molecule has 1 atom stereocenters. The van der Waals surface area contributed by atoms with Crippen LogP contribution in [0.1, 0.15) is 17.4 Å². The summed E-state index contributed by atoms with van der Waals surface area (Å²) in [5, 5.41) is -0.974. The van der Waals surface area contributed by atoms with Gasteiger partial charge >= 0.3 is 0 Å². The maximum atomic E-state index is 13.3. The van der Waals surface area contributed by atoms with Gasteiger partial charge in [0.15, 0.2) is 11.6 Å². The lowest BCUT2D eigenvalue weighted by Gasteiger charge is -2.11. The van der Waals surface area contributed by atoms with E-state index in [2.05, 4.69) is 4.74 Å². The third-order valence-corrected chi connectivity index (χ3v) is 2.59. The van der Waals surface area contributed by atoms with Gasteiger partial charge in [0.25, 0.3) is 6.43 Å². The van der Waals surface area contributed by atoms with Gasteiger partial charge in [-0.15, -0.1) is 11.6 Å². The van der Waals surface area contributed by atoms with Crippen LogP contribution in [0.25, 0.3) is 0 Å². The van der Waals surface area contributed by atoms with E-state index < -0.39 is 35.9 Å². The number of hydrogen-bond donors (Lipinski definition) is 0. The molecule has 0 spiro atoms. The Kier molecular flexibility index (Phi) is 5.81. The van der Waals surface area contributed by atoms with Crippen LogP contribution in [0.2, 0.25) is 0 Å². The van der Waals surface area contributed by atoms with Crippen molar-refractivity contribution in [2.45, 2.75) is 18.2 Å². The molecule has 0 saturated carbocycles. The Balaban J connectivity index is 2.56. The van der Waals surface area contributed by atoms with Crippen molar-refractivity contribution in [2.75, 3.05) is 13.2 Å². The minimum atomic E-state index is -2.60. The van der Waals surface area contributed by atoms with Gasteiger partial charge in [-0.05, 0) is 12.5 Å². The molecular formula is C11H10ClF5O. The fraction of sp³-hybridized carbons (Fsp3) is 0.455. The molecule has 1 aromatic rings. The van der Waals surface area contributed by atoms with Gasteiger partial charge in [0.05, 0.1) is 5.38 Å². The molecule has 0 bridgehead atoms. The minimum absolute atomic E-state index is 0.0102. The molecule has 1 aromatic carbocycles. The second-order valence-electron chi connectivity index (χ2n) is 3.51. The number of alkyl halides is 3. The normalized spacial score (nSPS) is 13.1. The van der Waals surface area contributed by atoms with Crippen molar-refractivity contribution < 1.29 is 26.7 Å². The van der Waals surface area contributed by atoms with Crippen molar-refractivity contribution in [1.82, 2.24) is 0 Å². The predicted octanol–water partition coefficient (Wildman–Crippen LogP) is 4.06. The van der Waals surface area contributed by atoms with E-state index in [9.17, 15) is 22.0 Å². The van der Waals surface area contributed by atoms with Crippen molar-refractivity contribution >= 4 is 11.6 Å². The van der Waals surface area contributed by atoms with E-state index in [0.717, 1.165) is 0 Å². The maximum Gasteiger partial charge on any atom is 0.261 e. The first-order valence-corrected chi connectivity index (χ1v) is 5.50. The maximum absolute atomic E-state index is 13.3. The lowest BCUT2D eigenvalue weighted by Crippen LogP contribution is -2.08. The monoisotopic (exact) mass is 288 g/mol. The van der Waals surface area contributed by atoms with Crippen molar-refractivity contribution in [2.24, 2.45) is 0 Å². The van der Waals surface area contributed by atoms with E-state index in [4.69, 9.17) is 11.6 Å². The van der Waals surface area contributed by atoms with E-state index >= 15 is 0 Å². The van der Waals surface area contributed by atoms with E-state index in [1.54, 1.807) is 0 Å². The molecule has 18 heavy (non-hydrogen) atoms. The molecule has 0 saturated heterocycles. The Hall–Kier alpha value is -0.880.